The first kappa shape index (κ1) is 10.7. The lowest BCUT2D eigenvalue weighted by molar-refractivity contribution is -0.117. The van der Waals surface area contributed by atoms with Crippen LogP contribution in [0.15, 0.2) is 18.2 Å². The predicted octanol–water partition coefficient (Wildman–Crippen LogP) is 1.42. The molecule has 0 aliphatic heterocycles. The molecular formula is C10H13FN2O. The Kier molecular flexibility index (Phi) is 3.19. The van der Waals surface area contributed by atoms with Crippen LogP contribution in [0.2, 0.25) is 0 Å². The number of carbonyl (C=O) groups excluding carboxylic acids is 1. The second kappa shape index (κ2) is 4.19. The fourth-order valence-electron chi connectivity index (χ4n) is 1.03. The van der Waals surface area contributed by atoms with E-state index in [2.05, 4.69) is 5.32 Å². The van der Waals surface area contributed by atoms with Gasteiger partial charge >= 0.3 is 0 Å². The maximum Gasteiger partial charge on any atom is 0.241 e. The summed E-state index contributed by atoms with van der Waals surface area (Å²) in [6, 6.07) is 3.96. The Morgan fingerprint density at radius 2 is 2.21 bits per heavy atom. The van der Waals surface area contributed by atoms with Gasteiger partial charge < -0.3 is 11.1 Å². The van der Waals surface area contributed by atoms with E-state index in [1.807, 2.05) is 0 Å². The Morgan fingerprint density at radius 1 is 1.57 bits per heavy atom. The van der Waals surface area contributed by atoms with E-state index in [1.54, 1.807) is 26.0 Å². The molecule has 1 amide bonds. The fraction of sp³-hybridized carbons (Fsp3) is 0.300. The van der Waals surface area contributed by atoms with E-state index in [-0.39, 0.29) is 5.69 Å². The highest BCUT2D eigenvalue weighted by Crippen LogP contribution is 2.18. The molecule has 3 N–H and O–H groups in total. The normalized spacial score (nSPS) is 12.3. The topological polar surface area (TPSA) is 55.1 Å². The van der Waals surface area contributed by atoms with Crippen LogP contribution in [-0.2, 0) is 4.79 Å². The maximum atomic E-state index is 13.2. The molecule has 0 bridgehead atoms. The van der Waals surface area contributed by atoms with Crippen LogP contribution >= 0.6 is 0 Å². The first-order valence-electron chi connectivity index (χ1n) is 4.34. The van der Waals surface area contributed by atoms with Gasteiger partial charge in [-0.3, -0.25) is 4.79 Å². The standard InChI is InChI=1S/C10H13FN2O/c1-6-4-3-5-8(11)9(6)13-10(14)7(2)12/h3-5,7H,12H2,1-2H3,(H,13,14). The fourth-order valence-corrected chi connectivity index (χ4v) is 1.03. The summed E-state index contributed by atoms with van der Waals surface area (Å²) in [7, 11) is 0. The second-order valence-corrected chi connectivity index (χ2v) is 3.21. The van der Waals surface area contributed by atoms with Crippen molar-refractivity contribution in [2.45, 2.75) is 19.9 Å². The lowest BCUT2D eigenvalue weighted by Crippen LogP contribution is -2.33. The summed E-state index contributed by atoms with van der Waals surface area (Å²) in [6.45, 7) is 3.27. The minimum atomic E-state index is -0.644. The Bertz CT molecular complexity index is 330. The van der Waals surface area contributed by atoms with Gasteiger partial charge in [-0.25, -0.2) is 4.39 Å². The summed E-state index contributed by atoms with van der Waals surface area (Å²) in [5, 5.41) is 2.44. The van der Waals surface area contributed by atoms with Gasteiger partial charge in [0.25, 0.3) is 0 Å². The molecule has 0 radical (unpaired) electrons. The Labute approximate surface area is 82.1 Å². The molecular weight excluding hydrogens is 183 g/mol. The van der Waals surface area contributed by atoms with Crippen molar-refractivity contribution in [3.8, 4) is 0 Å². The van der Waals surface area contributed by atoms with Crippen molar-refractivity contribution in [1.82, 2.24) is 0 Å². The van der Waals surface area contributed by atoms with E-state index in [1.165, 1.54) is 6.07 Å². The highest BCUT2D eigenvalue weighted by atomic mass is 19.1. The minimum Gasteiger partial charge on any atom is -0.322 e. The van der Waals surface area contributed by atoms with E-state index in [4.69, 9.17) is 5.73 Å². The SMILES string of the molecule is Cc1cccc(F)c1NC(=O)C(C)N. The van der Waals surface area contributed by atoms with Gasteiger partial charge in [-0.2, -0.15) is 0 Å². The summed E-state index contributed by atoms with van der Waals surface area (Å²) < 4.78 is 13.2. The largest absolute Gasteiger partial charge is 0.322 e. The molecule has 0 saturated carbocycles. The summed E-state index contributed by atoms with van der Waals surface area (Å²) in [6.07, 6.45) is 0. The van der Waals surface area contributed by atoms with Gasteiger partial charge in [0.1, 0.15) is 5.82 Å². The molecule has 0 saturated heterocycles. The van der Waals surface area contributed by atoms with Crippen molar-refractivity contribution in [1.29, 1.82) is 0 Å². The number of nitrogens with one attached hydrogen (secondary N) is 1. The molecule has 0 fully saturated rings. The number of benzene rings is 1. The minimum absolute atomic E-state index is 0.204. The zero-order valence-corrected chi connectivity index (χ0v) is 8.17. The highest BCUT2D eigenvalue weighted by molar-refractivity contribution is 5.95. The Balaban J connectivity index is 2.91. The third-order valence-corrected chi connectivity index (χ3v) is 1.88. The molecule has 0 aromatic heterocycles. The van der Waals surface area contributed by atoms with Gasteiger partial charge in [0.15, 0.2) is 0 Å². The van der Waals surface area contributed by atoms with Gasteiger partial charge in [0.05, 0.1) is 11.7 Å². The number of nitrogens with two attached hydrogens (primary N) is 1. The molecule has 1 atom stereocenters. The molecule has 1 aromatic carbocycles. The zero-order valence-electron chi connectivity index (χ0n) is 8.17. The van der Waals surface area contributed by atoms with Crippen molar-refractivity contribution in [3.63, 3.8) is 0 Å². The summed E-state index contributed by atoms with van der Waals surface area (Å²) in [5.74, 6) is -0.836. The molecule has 76 valence electrons. The van der Waals surface area contributed by atoms with Crippen molar-refractivity contribution in [3.05, 3.63) is 29.6 Å². The summed E-state index contributed by atoms with van der Waals surface area (Å²) in [5.41, 5.74) is 6.23. The van der Waals surface area contributed by atoms with Gasteiger partial charge in [0, 0.05) is 0 Å². The van der Waals surface area contributed by atoms with Gasteiger partial charge in [-0.1, -0.05) is 12.1 Å². The van der Waals surface area contributed by atoms with Crippen LogP contribution in [0.4, 0.5) is 10.1 Å². The third kappa shape index (κ3) is 2.29. The number of hydrogen-bond donors (Lipinski definition) is 2. The second-order valence-electron chi connectivity index (χ2n) is 3.21. The van der Waals surface area contributed by atoms with Crippen LogP contribution in [0.3, 0.4) is 0 Å². The average Bonchev–Trinajstić information content (AvgIpc) is 2.11. The molecule has 1 aromatic rings. The Hall–Kier alpha value is -1.42. The molecule has 0 heterocycles. The molecule has 0 aliphatic rings. The van der Waals surface area contributed by atoms with Gasteiger partial charge in [-0.15, -0.1) is 0 Å². The number of rotatable bonds is 2. The number of para-hydroxylation sites is 1. The average molecular weight is 196 g/mol. The summed E-state index contributed by atoms with van der Waals surface area (Å²) >= 11 is 0. The maximum absolute atomic E-state index is 13.2. The van der Waals surface area contributed by atoms with E-state index in [0.717, 1.165) is 0 Å². The Morgan fingerprint density at radius 3 is 2.71 bits per heavy atom. The number of halogens is 1. The van der Waals surface area contributed by atoms with Crippen molar-refractivity contribution >= 4 is 11.6 Å². The summed E-state index contributed by atoms with van der Waals surface area (Å²) in [4.78, 5) is 11.2. The first-order chi connectivity index (χ1) is 6.52. The van der Waals surface area contributed by atoms with E-state index >= 15 is 0 Å². The van der Waals surface area contributed by atoms with Crippen LogP contribution < -0.4 is 11.1 Å². The van der Waals surface area contributed by atoms with Gasteiger partial charge in [0.2, 0.25) is 5.91 Å². The molecule has 0 spiro atoms. The molecule has 14 heavy (non-hydrogen) atoms. The number of amides is 1. The van der Waals surface area contributed by atoms with Crippen LogP contribution in [0.1, 0.15) is 12.5 Å². The van der Waals surface area contributed by atoms with E-state index in [0.29, 0.717) is 5.56 Å². The molecule has 1 unspecified atom stereocenters. The smallest absolute Gasteiger partial charge is 0.241 e. The van der Waals surface area contributed by atoms with E-state index < -0.39 is 17.8 Å². The number of hydrogen-bond acceptors (Lipinski definition) is 2. The lowest BCUT2D eigenvalue weighted by atomic mass is 10.2. The van der Waals surface area contributed by atoms with E-state index in [9.17, 15) is 9.18 Å². The van der Waals surface area contributed by atoms with Gasteiger partial charge in [-0.05, 0) is 25.5 Å². The number of anilines is 1. The van der Waals surface area contributed by atoms with Crippen molar-refractivity contribution < 1.29 is 9.18 Å². The van der Waals surface area contributed by atoms with Crippen molar-refractivity contribution in [2.75, 3.05) is 5.32 Å². The molecule has 1 rings (SSSR count). The highest BCUT2D eigenvalue weighted by Gasteiger charge is 2.11. The van der Waals surface area contributed by atoms with Crippen molar-refractivity contribution in [2.24, 2.45) is 5.73 Å². The van der Waals surface area contributed by atoms with Crippen LogP contribution in [0.25, 0.3) is 0 Å². The predicted molar refractivity (Wildman–Crippen MR) is 53.4 cm³/mol. The number of carbonyl (C=O) groups is 1. The molecule has 4 heteroatoms. The zero-order chi connectivity index (χ0) is 10.7. The molecule has 3 nitrogen and oxygen atoms in total. The quantitative estimate of drug-likeness (QED) is 0.751. The monoisotopic (exact) mass is 196 g/mol. The van der Waals surface area contributed by atoms with Crippen LogP contribution in [0.5, 0.6) is 0 Å². The van der Waals surface area contributed by atoms with Crippen LogP contribution in [-0.4, -0.2) is 11.9 Å². The third-order valence-electron chi connectivity index (χ3n) is 1.88. The lowest BCUT2D eigenvalue weighted by Gasteiger charge is -2.10. The molecule has 0 aliphatic carbocycles. The van der Waals surface area contributed by atoms with Crippen LogP contribution in [0, 0.1) is 12.7 Å². The number of aryl methyl sites for hydroxylation is 1. The first-order valence-corrected chi connectivity index (χ1v) is 4.34.